The summed E-state index contributed by atoms with van der Waals surface area (Å²) >= 11 is 2.31. The molecule has 1 rings (SSSR count). The van der Waals surface area contributed by atoms with Crippen molar-refractivity contribution in [3.63, 3.8) is 0 Å². The van der Waals surface area contributed by atoms with Crippen molar-refractivity contribution in [1.82, 2.24) is 0 Å². The molecular formula is C16H23IO. The van der Waals surface area contributed by atoms with E-state index in [9.17, 15) is 4.79 Å². The Morgan fingerprint density at radius 3 is 2.28 bits per heavy atom. The van der Waals surface area contributed by atoms with Crippen molar-refractivity contribution >= 4 is 28.4 Å². The standard InChI is InChI=1S/C16H23IO/c1-12(10-15(18)11-16(2,3)4)9-13-5-7-14(17)8-6-13/h5-8,12H,9-11H2,1-4H3. The van der Waals surface area contributed by atoms with Gasteiger partial charge in [-0.1, -0.05) is 39.8 Å². The summed E-state index contributed by atoms with van der Waals surface area (Å²) in [7, 11) is 0. The second-order valence-corrected chi connectivity index (χ2v) is 7.66. The third-order valence-corrected chi connectivity index (χ3v) is 3.52. The molecule has 100 valence electrons. The molecule has 0 amide bonds. The Kier molecular flexibility index (Phi) is 5.83. The van der Waals surface area contributed by atoms with Crippen LogP contribution in [0.3, 0.4) is 0 Å². The van der Waals surface area contributed by atoms with Crippen LogP contribution in [0.4, 0.5) is 0 Å². The molecule has 1 aromatic carbocycles. The van der Waals surface area contributed by atoms with Crippen LogP contribution >= 0.6 is 22.6 Å². The second-order valence-electron chi connectivity index (χ2n) is 6.42. The SMILES string of the molecule is CC(CC(=O)CC(C)(C)C)Cc1ccc(I)cc1. The average molecular weight is 358 g/mol. The maximum atomic E-state index is 11.9. The fourth-order valence-corrected chi connectivity index (χ4v) is 2.51. The van der Waals surface area contributed by atoms with Gasteiger partial charge in [0.15, 0.2) is 0 Å². The highest BCUT2D eigenvalue weighted by atomic mass is 127. The Balaban J connectivity index is 2.44. The molecule has 0 fully saturated rings. The summed E-state index contributed by atoms with van der Waals surface area (Å²) in [6.07, 6.45) is 2.38. The van der Waals surface area contributed by atoms with E-state index < -0.39 is 0 Å². The van der Waals surface area contributed by atoms with E-state index in [1.165, 1.54) is 9.13 Å². The Hall–Kier alpha value is -0.380. The number of ketones is 1. The average Bonchev–Trinajstić information content (AvgIpc) is 2.18. The van der Waals surface area contributed by atoms with Gasteiger partial charge in [0.2, 0.25) is 0 Å². The summed E-state index contributed by atoms with van der Waals surface area (Å²) in [5.41, 5.74) is 1.44. The van der Waals surface area contributed by atoms with Crippen molar-refractivity contribution in [3.8, 4) is 0 Å². The summed E-state index contributed by atoms with van der Waals surface area (Å²) in [6, 6.07) is 8.57. The fourth-order valence-electron chi connectivity index (χ4n) is 2.15. The van der Waals surface area contributed by atoms with E-state index in [0.717, 1.165) is 6.42 Å². The van der Waals surface area contributed by atoms with Gasteiger partial charge in [0.05, 0.1) is 0 Å². The van der Waals surface area contributed by atoms with Crippen molar-refractivity contribution in [2.24, 2.45) is 11.3 Å². The predicted molar refractivity (Wildman–Crippen MR) is 85.7 cm³/mol. The Morgan fingerprint density at radius 1 is 1.22 bits per heavy atom. The molecule has 0 aliphatic heterocycles. The lowest BCUT2D eigenvalue weighted by Gasteiger charge is -2.18. The van der Waals surface area contributed by atoms with Gasteiger partial charge < -0.3 is 0 Å². The van der Waals surface area contributed by atoms with Crippen molar-refractivity contribution < 1.29 is 4.79 Å². The van der Waals surface area contributed by atoms with Crippen molar-refractivity contribution in [2.45, 2.75) is 47.0 Å². The monoisotopic (exact) mass is 358 g/mol. The van der Waals surface area contributed by atoms with Gasteiger partial charge in [-0.25, -0.2) is 0 Å². The normalized spacial score (nSPS) is 13.4. The zero-order valence-corrected chi connectivity index (χ0v) is 14.0. The third-order valence-electron chi connectivity index (χ3n) is 2.80. The zero-order chi connectivity index (χ0) is 13.8. The first-order chi connectivity index (χ1) is 8.26. The summed E-state index contributed by atoms with van der Waals surface area (Å²) in [5.74, 6) is 0.820. The maximum Gasteiger partial charge on any atom is 0.133 e. The highest BCUT2D eigenvalue weighted by Gasteiger charge is 2.17. The highest BCUT2D eigenvalue weighted by Crippen LogP contribution is 2.22. The van der Waals surface area contributed by atoms with Crippen molar-refractivity contribution in [3.05, 3.63) is 33.4 Å². The molecule has 2 heteroatoms. The van der Waals surface area contributed by atoms with Gasteiger partial charge in [-0.3, -0.25) is 4.79 Å². The van der Waals surface area contributed by atoms with Gasteiger partial charge in [-0.2, -0.15) is 0 Å². The van der Waals surface area contributed by atoms with E-state index in [1.807, 2.05) is 0 Å². The van der Waals surface area contributed by atoms with Crippen LogP contribution in [-0.4, -0.2) is 5.78 Å². The second kappa shape index (κ2) is 6.69. The first-order valence-electron chi connectivity index (χ1n) is 6.52. The minimum absolute atomic E-state index is 0.111. The van der Waals surface area contributed by atoms with Crippen LogP contribution in [0.2, 0.25) is 0 Å². The van der Waals surface area contributed by atoms with E-state index in [-0.39, 0.29) is 5.41 Å². The van der Waals surface area contributed by atoms with Gasteiger partial charge >= 0.3 is 0 Å². The molecule has 0 bridgehead atoms. The first kappa shape index (κ1) is 15.7. The lowest BCUT2D eigenvalue weighted by atomic mass is 9.86. The molecule has 0 saturated carbocycles. The van der Waals surface area contributed by atoms with Crippen LogP contribution in [0.15, 0.2) is 24.3 Å². The molecule has 0 heterocycles. The molecule has 1 atom stereocenters. The first-order valence-corrected chi connectivity index (χ1v) is 7.60. The summed E-state index contributed by atoms with van der Waals surface area (Å²) in [6.45, 7) is 8.52. The number of hydrogen-bond donors (Lipinski definition) is 0. The predicted octanol–water partition coefficient (Wildman–Crippen LogP) is 4.87. The van der Waals surface area contributed by atoms with Gasteiger partial charge in [0, 0.05) is 16.4 Å². The highest BCUT2D eigenvalue weighted by molar-refractivity contribution is 14.1. The molecule has 0 aliphatic carbocycles. The van der Waals surface area contributed by atoms with E-state index in [4.69, 9.17) is 0 Å². The quantitative estimate of drug-likeness (QED) is 0.687. The molecule has 0 aromatic heterocycles. The van der Waals surface area contributed by atoms with E-state index >= 15 is 0 Å². The van der Waals surface area contributed by atoms with Gasteiger partial charge in [0.1, 0.15) is 5.78 Å². The lowest BCUT2D eigenvalue weighted by Crippen LogP contribution is -2.16. The molecule has 1 unspecified atom stereocenters. The molecule has 0 aliphatic rings. The Labute approximate surface area is 125 Å². The maximum absolute atomic E-state index is 11.9. The summed E-state index contributed by atoms with van der Waals surface area (Å²) in [4.78, 5) is 11.9. The molecule has 18 heavy (non-hydrogen) atoms. The molecular weight excluding hydrogens is 335 g/mol. The number of carbonyl (C=O) groups is 1. The summed E-state index contributed by atoms with van der Waals surface area (Å²) in [5, 5.41) is 0. The third kappa shape index (κ3) is 6.53. The van der Waals surface area contributed by atoms with Crippen molar-refractivity contribution in [2.75, 3.05) is 0 Å². The number of benzene rings is 1. The fraction of sp³-hybridized carbons (Fsp3) is 0.562. The molecule has 0 radical (unpaired) electrons. The van der Waals surface area contributed by atoms with E-state index in [0.29, 0.717) is 24.5 Å². The summed E-state index contributed by atoms with van der Waals surface area (Å²) < 4.78 is 1.26. The van der Waals surface area contributed by atoms with Crippen LogP contribution in [0.25, 0.3) is 0 Å². The van der Waals surface area contributed by atoms with Crippen LogP contribution < -0.4 is 0 Å². The largest absolute Gasteiger partial charge is 0.300 e. The Morgan fingerprint density at radius 2 is 1.78 bits per heavy atom. The topological polar surface area (TPSA) is 17.1 Å². The zero-order valence-electron chi connectivity index (χ0n) is 11.8. The van der Waals surface area contributed by atoms with E-state index in [2.05, 4.69) is 74.6 Å². The van der Waals surface area contributed by atoms with Crippen LogP contribution in [0, 0.1) is 14.9 Å². The van der Waals surface area contributed by atoms with E-state index in [1.54, 1.807) is 0 Å². The number of rotatable bonds is 5. The Bertz CT molecular complexity index is 387. The number of halogens is 1. The minimum atomic E-state index is 0.111. The molecule has 1 aromatic rings. The van der Waals surface area contributed by atoms with Crippen LogP contribution in [0.1, 0.15) is 46.1 Å². The van der Waals surface area contributed by atoms with Crippen molar-refractivity contribution in [1.29, 1.82) is 0 Å². The molecule has 0 N–H and O–H groups in total. The number of Topliss-reactive ketones (excluding diaryl/α,β-unsaturated/α-hetero) is 1. The van der Waals surface area contributed by atoms with Gasteiger partial charge in [-0.15, -0.1) is 0 Å². The number of hydrogen-bond acceptors (Lipinski definition) is 1. The molecule has 0 spiro atoms. The van der Waals surface area contributed by atoms with Gasteiger partial charge in [0.25, 0.3) is 0 Å². The lowest BCUT2D eigenvalue weighted by molar-refractivity contribution is -0.121. The molecule has 1 nitrogen and oxygen atoms in total. The molecule has 0 saturated heterocycles. The smallest absolute Gasteiger partial charge is 0.133 e. The van der Waals surface area contributed by atoms with Gasteiger partial charge in [-0.05, 0) is 58.0 Å². The number of carbonyl (C=O) groups excluding carboxylic acids is 1. The van der Waals surface area contributed by atoms with Crippen LogP contribution in [-0.2, 0) is 11.2 Å². The minimum Gasteiger partial charge on any atom is -0.300 e. The van der Waals surface area contributed by atoms with Crippen LogP contribution in [0.5, 0.6) is 0 Å².